The van der Waals surface area contributed by atoms with Gasteiger partial charge in [0.1, 0.15) is 5.75 Å². The molecular weight excluding hydrogens is 200 g/mol. The summed E-state index contributed by atoms with van der Waals surface area (Å²) < 4.78 is 5.42. The van der Waals surface area contributed by atoms with Gasteiger partial charge in [0, 0.05) is 5.38 Å². The van der Waals surface area contributed by atoms with Crippen LogP contribution < -0.4 is 4.74 Å². The average molecular weight is 213 g/mol. The van der Waals surface area contributed by atoms with Crippen molar-refractivity contribution in [1.82, 2.24) is 0 Å². The molecule has 76 valence electrons. The molecule has 0 bridgehead atoms. The van der Waals surface area contributed by atoms with E-state index in [0.717, 1.165) is 12.7 Å². The van der Waals surface area contributed by atoms with Crippen molar-refractivity contribution in [2.24, 2.45) is 0 Å². The molecule has 0 fully saturated rings. The van der Waals surface area contributed by atoms with Crippen molar-refractivity contribution >= 4 is 17.9 Å². The van der Waals surface area contributed by atoms with Gasteiger partial charge in [-0.3, -0.25) is 4.79 Å². The number of rotatable bonds is 5. The number of carbonyl (C=O) groups is 1. The smallest absolute Gasteiger partial charge is 0.153 e. The molecule has 0 aliphatic heterocycles. The van der Waals surface area contributed by atoms with E-state index in [1.807, 2.05) is 13.0 Å². The highest BCUT2D eigenvalue weighted by Gasteiger charge is 2.02. The van der Waals surface area contributed by atoms with Crippen LogP contribution in [-0.4, -0.2) is 18.3 Å². The molecule has 14 heavy (non-hydrogen) atoms. The molecule has 0 saturated carbocycles. The fraction of sp³-hybridized carbons (Fsp3) is 0.364. The van der Waals surface area contributed by atoms with E-state index in [1.165, 1.54) is 0 Å². The van der Waals surface area contributed by atoms with Crippen LogP contribution >= 0.6 is 11.6 Å². The Balaban J connectivity index is 2.53. The fourth-order valence-electron chi connectivity index (χ4n) is 1.04. The minimum atomic E-state index is 0.0957. The first-order chi connectivity index (χ1) is 6.74. The Morgan fingerprint density at radius 1 is 1.50 bits per heavy atom. The second-order valence-corrected chi connectivity index (χ2v) is 3.82. The first-order valence-corrected chi connectivity index (χ1v) is 4.98. The number of para-hydroxylation sites is 1. The zero-order valence-electron chi connectivity index (χ0n) is 8.07. The third-order valence-electron chi connectivity index (χ3n) is 1.82. The Morgan fingerprint density at radius 3 is 2.86 bits per heavy atom. The van der Waals surface area contributed by atoms with Crippen molar-refractivity contribution in [3.05, 3.63) is 29.8 Å². The summed E-state index contributed by atoms with van der Waals surface area (Å²) >= 11 is 5.77. The normalized spacial score (nSPS) is 12.1. The summed E-state index contributed by atoms with van der Waals surface area (Å²) in [5, 5.41) is 0.0957. The second-order valence-electron chi connectivity index (χ2n) is 3.07. The van der Waals surface area contributed by atoms with E-state index in [0.29, 0.717) is 17.9 Å². The molecule has 1 atom stereocenters. The van der Waals surface area contributed by atoms with Crippen LogP contribution in [0.2, 0.25) is 0 Å². The average Bonchev–Trinajstić information content (AvgIpc) is 2.18. The Kier molecular flexibility index (Phi) is 4.47. The van der Waals surface area contributed by atoms with E-state index in [9.17, 15) is 4.79 Å². The molecule has 3 heteroatoms. The maximum atomic E-state index is 10.6. The fourth-order valence-corrected chi connectivity index (χ4v) is 1.13. The lowest BCUT2D eigenvalue weighted by Gasteiger charge is -2.08. The van der Waals surface area contributed by atoms with Gasteiger partial charge in [-0.15, -0.1) is 11.6 Å². The molecule has 1 unspecified atom stereocenters. The van der Waals surface area contributed by atoms with Gasteiger partial charge in [0.15, 0.2) is 6.29 Å². The quantitative estimate of drug-likeness (QED) is 0.554. The van der Waals surface area contributed by atoms with Crippen LogP contribution in [0.5, 0.6) is 5.75 Å². The van der Waals surface area contributed by atoms with E-state index >= 15 is 0 Å². The van der Waals surface area contributed by atoms with Gasteiger partial charge in [-0.1, -0.05) is 12.1 Å². The van der Waals surface area contributed by atoms with Crippen molar-refractivity contribution in [3.8, 4) is 5.75 Å². The van der Waals surface area contributed by atoms with Crippen LogP contribution in [-0.2, 0) is 0 Å². The van der Waals surface area contributed by atoms with Crippen molar-refractivity contribution < 1.29 is 9.53 Å². The van der Waals surface area contributed by atoms with Gasteiger partial charge in [-0.2, -0.15) is 0 Å². The van der Waals surface area contributed by atoms with Crippen LogP contribution in [0.3, 0.4) is 0 Å². The molecule has 0 spiro atoms. The zero-order valence-corrected chi connectivity index (χ0v) is 8.83. The summed E-state index contributed by atoms with van der Waals surface area (Å²) in [6.07, 6.45) is 1.56. The van der Waals surface area contributed by atoms with E-state index in [4.69, 9.17) is 16.3 Å². The number of hydrogen-bond donors (Lipinski definition) is 0. The maximum absolute atomic E-state index is 10.6. The molecule has 0 amide bonds. The lowest BCUT2D eigenvalue weighted by molar-refractivity contribution is 0.111. The number of benzene rings is 1. The summed E-state index contributed by atoms with van der Waals surface area (Å²) in [4.78, 5) is 10.6. The molecule has 1 rings (SSSR count). The summed E-state index contributed by atoms with van der Waals surface area (Å²) in [6.45, 7) is 2.45. The van der Waals surface area contributed by atoms with Gasteiger partial charge in [0.05, 0.1) is 12.2 Å². The van der Waals surface area contributed by atoms with Crippen LogP contribution in [0.15, 0.2) is 24.3 Å². The van der Waals surface area contributed by atoms with Gasteiger partial charge in [-0.25, -0.2) is 0 Å². The molecule has 0 aliphatic rings. The van der Waals surface area contributed by atoms with Crippen molar-refractivity contribution in [3.63, 3.8) is 0 Å². The van der Waals surface area contributed by atoms with Gasteiger partial charge in [-0.05, 0) is 25.5 Å². The van der Waals surface area contributed by atoms with E-state index in [1.54, 1.807) is 18.2 Å². The van der Waals surface area contributed by atoms with Crippen molar-refractivity contribution in [1.29, 1.82) is 0 Å². The number of hydrogen-bond acceptors (Lipinski definition) is 2. The number of aldehydes is 1. The molecule has 1 aromatic rings. The monoisotopic (exact) mass is 212 g/mol. The predicted molar refractivity (Wildman–Crippen MR) is 57.3 cm³/mol. The Bertz CT molecular complexity index is 297. The standard InChI is InChI=1S/C11H13ClO2/c1-9(12)6-7-14-11-5-3-2-4-10(11)8-13/h2-5,8-9H,6-7H2,1H3. The van der Waals surface area contributed by atoms with Crippen molar-refractivity contribution in [2.45, 2.75) is 18.7 Å². The molecule has 0 saturated heterocycles. The summed E-state index contributed by atoms with van der Waals surface area (Å²) in [5.74, 6) is 0.625. The van der Waals surface area contributed by atoms with E-state index in [2.05, 4.69) is 0 Å². The molecule has 0 heterocycles. The first kappa shape index (κ1) is 11.1. The molecule has 2 nitrogen and oxygen atoms in total. The molecule has 0 radical (unpaired) electrons. The minimum Gasteiger partial charge on any atom is -0.493 e. The number of ether oxygens (including phenoxy) is 1. The highest BCUT2D eigenvalue weighted by atomic mass is 35.5. The first-order valence-electron chi connectivity index (χ1n) is 4.55. The predicted octanol–water partition coefficient (Wildman–Crippen LogP) is 2.90. The third-order valence-corrected chi connectivity index (χ3v) is 2.04. The molecule has 0 aromatic heterocycles. The Labute approximate surface area is 88.8 Å². The van der Waals surface area contributed by atoms with Crippen LogP contribution in [0.25, 0.3) is 0 Å². The number of carbonyl (C=O) groups excluding carboxylic acids is 1. The second kappa shape index (κ2) is 5.66. The van der Waals surface area contributed by atoms with Crippen LogP contribution in [0.1, 0.15) is 23.7 Å². The molecule has 0 aliphatic carbocycles. The molecule has 0 N–H and O–H groups in total. The van der Waals surface area contributed by atoms with Gasteiger partial charge >= 0.3 is 0 Å². The van der Waals surface area contributed by atoms with Gasteiger partial charge in [0.2, 0.25) is 0 Å². The Hall–Kier alpha value is -1.02. The molecule has 1 aromatic carbocycles. The SMILES string of the molecule is CC(Cl)CCOc1ccccc1C=O. The summed E-state index contributed by atoms with van der Waals surface area (Å²) in [7, 11) is 0. The highest BCUT2D eigenvalue weighted by molar-refractivity contribution is 6.20. The largest absolute Gasteiger partial charge is 0.493 e. The van der Waals surface area contributed by atoms with E-state index < -0.39 is 0 Å². The Morgan fingerprint density at radius 2 is 2.21 bits per heavy atom. The van der Waals surface area contributed by atoms with Gasteiger partial charge < -0.3 is 4.74 Å². The van der Waals surface area contributed by atoms with Crippen LogP contribution in [0.4, 0.5) is 0 Å². The topological polar surface area (TPSA) is 26.3 Å². The summed E-state index contributed by atoms with van der Waals surface area (Å²) in [6, 6.07) is 7.16. The molecular formula is C11H13ClO2. The maximum Gasteiger partial charge on any atom is 0.153 e. The lowest BCUT2D eigenvalue weighted by Crippen LogP contribution is -2.04. The number of halogens is 1. The van der Waals surface area contributed by atoms with Crippen LogP contribution in [0, 0.1) is 0 Å². The lowest BCUT2D eigenvalue weighted by atomic mass is 10.2. The van der Waals surface area contributed by atoms with E-state index in [-0.39, 0.29) is 5.38 Å². The third kappa shape index (κ3) is 3.38. The summed E-state index contributed by atoms with van der Waals surface area (Å²) in [5.41, 5.74) is 0.578. The zero-order chi connectivity index (χ0) is 10.4. The highest BCUT2D eigenvalue weighted by Crippen LogP contribution is 2.16. The van der Waals surface area contributed by atoms with Gasteiger partial charge in [0.25, 0.3) is 0 Å². The minimum absolute atomic E-state index is 0.0957. The van der Waals surface area contributed by atoms with Crippen molar-refractivity contribution in [2.75, 3.05) is 6.61 Å². The number of alkyl halides is 1.